The van der Waals surface area contributed by atoms with E-state index in [2.05, 4.69) is 10.6 Å². The third-order valence-electron chi connectivity index (χ3n) is 4.40. The molecule has 7 nitrogen and oxygen atoms in total. The Morgan fingerprint density at radius 3 is 2.68 bits per heavy atom. The van der Waals surface area contributed by atoms with Crippen LogP contribution in [0.1, 0.15) is 37.8 Å². The van der Waals surface area contributed by atoms with Gasteiger partial charge in [-0.05, 0) is 43.5 Å². The second-order valence-electron chi connectivity index (χ2n) is 6.33. The Hall–Kier alpha value is -2.57. The van der Waals surface area contributed by atoms with Crippen molar-refractivity contribution in [2.75, 3.05) is 20.2 Å². The van der Waals surface area contributed by atoms with Gasteiger partial charge < -0.3 is 15.4 Å². The molecule has 1 fully saturated rings. The Morgan fingerprint density at radius 1 is 1.36 bits per heavy atom. The van der Waals surface area contributed by atoms with Gasteiger partial charge in [-0.1, -0.05) is 19.4 Å². The van der Waals surface area contributed by atoms with E-state index in [0.717, 1.165) is 23.3 Å². The minimum Gasteiger partial charge on any atom is -0.496 e. The predicted octanol–water partition coefficient (Wildman–Crippen LogP) is 1.69. The van der Waals surface area contributed by atoms with Crippen molar-refractivity contribution in [2.45, 2.75) is 39.2 Å². The molecule has 1 aliphatic heterocycles. The van der Waals surface area contributed by atoms with E-state index < -0.39 is 17.5 Å². The predicted molar refractivity (Wildman–Crippen MR) is 93.2 cm³/mol. The summed E-state index contributed by atoms with van der Waals surface area (Å²) in [6.45, 7) is 5.79. The summed E-state index contributed by atoms with van der Waals surface area (Å²) in [6.07, 6.45) is 1.81. The molecule has 136 valence electrons. The van der Waals surface area contributed by atoms with Gasteiger partial charge >= 0.3 is 6.03 Å². The molecule has 1 heterocycles. The molecular formula is C18H25N3O4. The molecule has 4 amide bonds. The van der Waals surface area contributed by atoms with Gasteiger partial charge in [-0.2, -0.15) is 0 Å². The summed E-state index contributed by atoms with van der Waals surface area (Å²) >= 11 is 0. The number of methoxy groups -OCH3 is 1. The van der Waals surface area contributed by atoms with Crippen molar-refractivity contribution in [1.29, 1.82) is 0 Å². The monoisotopic (exact) mass is 347 g/mol. The Kier molecular flexibility index (Phi) is 5.66. The average molecular weight is 347 g/mol. The number of benzene rings is 1. The third kappa shape index (κ3) is 3.75. The van der Waals surface area contributed by atoms with Crippen LogP contribution in [0, 0.1) is 6.92 Å². The molecule has 1 saturated heterocycles. The van der Waals surface area contributed by atoms with Gasteiger partial charge in [-0.25, -0.2) is 4.79 Å². The summed E-state index contributed by atoms with van der Waals surface area (Å²) in [5.41, 5.74) is 0.315. The number of nitrogens with zero attached hydrogens (tertiary/aromatic N) is 1. The van der Waals surface area contributed by atoms with Gasteiger partial charge in [0.2, 0.25) is 5.91 Å². The van der Waals surface area contributed by atoms with Crippen molar-refractivity contribution in [1.82, 2.24) is 15.5 Å². The number of unbranched alkanes of at least 4 members (excludes halogenated alkanes) is 1. The maximum absolute atomic E-state index is 12.8. The number of imide groups is 1. The largest absolute Gasteiger partial charge is 0.496 e. The van der Waals surface area contributed by atoms with Crippen molar-refractivity contribution >= 4 is 17.8 Å². The van der Waals surface area contributed by atoms with Gasteiger partial charge in [0, 0.05) is 6.54 Å². The zero-order valence-electron chi connectivity index (χ0n) is 15.1. The van der Waals surface area contributed by atoms with Crippen molar-refractivity contribution in [3.8, 4) is 5.75 Å². The van der Waals surface area contributed by atoms with Gasteiger partial charge in [-0.3, -0.25) is 14.5 Å². The molecule has 25 heavy (non-hydrogen) atoms. The summed E-state index contributed by atoms with van der Waals surface area (Å²) in [7, 11) is 1.57. The fraction of sp³-hybridized carbons (Fsp3) is 0.500. The first-order valence-corrected chi connectivity index (χ1v) is 8.39. The van der Waals surface area contributed by atoms with Crippen LogP contribution in [-0.2, 0) is 15.1 Å². The standard InChI is InChI=1S/C18H25N3O4/c1-5-6-9-19-15(22)11-21-16(23)18(3,20-17(21)24)13-7-8-14(25-4)12(2)10-13/h7-8,10H,5-6,9,11H2,1-4H3,(H,19,22)(H,20,24). The average Bonchev–Trinajstić information content (AvgIpc) is 2.79. The Morgan fingerprint density at radius 2 is 2.08 bits per heavy atom. The van der Waals surface area contributed by atoms with E-state index in [1.807, 2.05) is 19.9 Å². The molecule has 2 N–H and O–H groups in total. The molecule has 7 heteroatoms. The first-order chi connectivity index (χ1) is 11.8. The number of nitrogens with one attached hydrogen (secondary N) is 2. The lowest BCUT2D eigenvalue weighted by molar-refractivity contribution is -0.134. The second-order valence-corrected chi connectivity index (χ2v) is 6.33. The maximum atomic E-state index is 12.8. The summed E-state index contributed by atoms with van der Waals surface area (Å²) in [4.78, 5) is 37.9. The Bertz CT molecular complexity index is 689. The number of ether oxygens (including phenoxy) is 1. The number of aryl methyl sites for hydroxylation is 1. The minimum atomic E-state index is -1.20. The van der Waals surface area contributed by atoms with Crippen LogP contribution >= 0.6 is 0 Å². The topological polar surface area (TPSA) is 87.7 Å². The number of rotatable bonds is 7. The molecule has 1 aromatic rings. The fourth-order valence-corrected chi connectivity index (χ4v) is 2.83. The van der Waals surface area contributed by atoms with Crippen LogP contribution < -0.4 is 15.4 Å². The third-order valence-corrected chi connectivity index (χ3v) is 4.40. The Labute approximate surface area is 147 Å². The van der Waals surface area contributed by atoms with E-state index in [4.69, 9.17) is 4.74 Å². The normalized spacial score (nSPS) is 19.8. The SMILES string of the molecule is CCCCNC(=O)CN1C(=O)NC(C)(c2ccc(OC)c(C)c2)C1=O. The molecule has 1 aromatic carbocycles. The highest BCUT2D eigenvalue weighted by Crippen LogP contribution is 2.31. The van der Waals surface area contributed by atoms with Crippen LogP contribution in [0.4, 0.5) is 4.79 Å². The van der Waals surface area contributed by atoms with E-state index in [9.17, 15) is 14.4 Å². The summed E-state index contributed by atoms with van der Waals surface area (Å²) in [5, 5.41) is 5.41. The molecule has 1 aliphatic rings. The van der Waals surface area contributed by atoms with E-state index >= 15 is 0 Å². The maximum Gasteiger partial charge on any atom is 0.325 e. The van der Waals surface area contributed by atoms with Gasteiger partial charge in [0.1, 0.15) is 17.8 Å². The fourth-order valence-electron chi connectivity index (χ4n) is 2.83. The molecule has 1 unspecified atom stereocenters. The zero-order chi connectivity index (χ0) is 18.6. The van der Waals surface area contributed by atoms with Gasteiger partial charge in [0.25, 0.3) is 5.91 Å². The van der Waals surface area contributed by atoms with E-state index in [1.54, 1.807) is 26.2 Å². The number of urea groups is 1. The lowest BCUT2D eigenvalue weighted by Gasteiger charge is -2.23. The Balaban J connectivity index is 2.16. The van der Waals surface area contributed by atoms with E-state index in [0.29, 0.717) is 17.9 Å². The number of carbonyl (C=O) groups excluding carboxylic acids is 3. The molecule has 0 bridgehead atoms. The van der Waals surface area contributed by atoms with E-state index in [-0.39, 0.29) is 12.5 Å². The highest BCUT2D eigenvalue weighted by Gasteiger charge is 2.49. The molecular weight excluding hydrogens is 322 g/mol. The van der Waals surface area contributed by atoms with Gasteiger partial charge in [0.05, 0.1) is 7.11 Å². The molecule has 0 aromatic heterocycles. The van der Waals surface area contributed by atoms with Crippen LogP contribution in [0.2, 0.25) is 0 Å². The molecule has 0 saturated carbocycles. The molecule has 1 atom stereocenters. The van der Waals surface area contributed by atoms with Crippen LogP contribution in [-0.4, -0.2) is 42.9 Å². The van der Waals surface area contributed by atoms with Crippen molar-refractivity contribution in [2.24, 2.45) is 0 Å². The highest BCUT2D eigenvalue weighted by molar-refractivity contribution is 6.09. The summed E-state index contributed by atoms with van der Waals surface area (Å²) < 4.78 is 5.23. The number of hydrogen-bond acceptors (Lipinski definition) is 4. The molecule has 2 rings (SSSR count). The minimum absolute atomic E-state index is 0.279. The van der Waals surface area contributed by atoms with Crippen LogP contribution in [0.5, 0.6) is 5.75 Å². The smallest absolute Gasteiger partial charge is 0.325 e. The molecule has 0 spiro atoms. The highest BCUT2D eigenvalue weighted by atomic mass is 16.5. The van der Waals surface area contributed by atoms with Crippen molar-refractivity contribution in [3.63, 3.8) is 0 Å². The summed E-state index contributed by atoms with van der Waals surface area (Å²) in [6, 6.07) is 4.75. The second kappa shape index (κ2) is 7.55. The first-order valence-electron chi connectivity index (χ1n) is 8.39. The quantitative estimate of drug-likeness (QED) is 0.580. The molecule has 0 radical (unpaired) electrons. The number of amides is 4. The number of hydrogen-bond donors (Lipinski definition) is 2. The lowest BCUT2D eigenvalue weighted by atomic mass is 9.90. The van der Waals surface area contributed by atoms with Crippen LogP contribution in [0.15, 0.2) is 18.2 Å². The lowest BCUT2D eigenvalue weighted by Crippen LogP contribution is -2.43. The van der Waals surface area contributed by atoms with Crippen molar-refractivity contribution < 1.29 is 19.1 Å². The zero-order valence-corrected chi connectivity index (χ0v) is 15.1. The first kappa shape index (κ1) is 18.8. The van der Waals surface area contributed by atoms with Gasteiger partial charge in [0.15, 0.2) is 0 Å². The van der Waals surface area contributed by atoms with Crippen molar-refractivity contribution in [3.05, 3.63) is 29.3 Å². The van der Waals surface area contributed by atoms with E-state index in [1.165, 1.54) is 0 Å². The number of carbonyl (C=O) groups is 3. The summed E-state index contributed by atoms with van der Waals surface area (Å²) in [5.74, 6) is -0.0731. The van der Waals surface area contributed by atoms with Crippen LogP contribution in [0.3, 0.4) is 0 Å². The van der Waals surface area contributed by atoms with Gasteiger partial charge in [-0.15, -0.1) is 0 Å². The molecule has 0 aliphatic carbocycles. The van der Waals surface area contributed by atoms with Crippen LogP contribution in [0.25, 0.3) is 0 Å².